The van der Waals surface area contributed by atoms with Crippen molar-refractivity contribution in [1.29, 1.82) is 0 Å². The van der Waals surface area contributed by atoms with E-state index >= 15 is 0 Å². The summed E-state index contributed by atoms with van der Waals surface area (Å²) >= 11 is 3.43. The number of hydrogen-bond donors (Lipinski definition) is 1. The van der Waals surface area contributed by atoms with Gasteiger partial charge in [0, 0.05) is 22.1 Å². The average molecular weight is 418 g/mol. The molecule has 0 unspecified atom stereocenters. The summed E-state index contributed by atoms with van der Waals surface area (Å²) in [6, 6.07) is 12.4. The van der Waals surface area contributed by atoms with Gasteiger partial charge in [-0.1, -0.05) is 46.3 Å². The van der Waals surface area contributed by atoms with Crippen LogP contribution in [0, 0.1) is 13.8 Å². The van der Waals surface area contributed by atoms with Crippen LogP contribution in [0.4, 0.5) is 5.69 Å². The summed E-state index contributed by atoms with van der Waals surface area (Å²) in [6.07, 6.45) is -0.00704. The van der Waals surface area contributed by atoms with Crippen molar-refractivity contribution in [2.24, 2.45) is 0 Å². The van der Waals surface area contributed by atoms with Crippen LogP contribution in [0.3, 0.4) is 0 Å². The lowest BCUT2D eigenvalue weighted by Gasteiger charge is -2.12. The average Bonchev–Trinajstić information content (AvgIpc) is 2.65. The number of ketones is 1. The second kappa shape index (κ2) is 9.29. The maximum absolute atomic E-state index is 12.0. The van der Waals surface area contributed by atoms with Crippen LogP contribution < -0.4 is 5.32 Å². The molecule has 5 nitrogen and oxygen atoms in total. The zero-order valence-electron chi connectivity index (χ0n) is 14.7. The fraction of sp³-hybridized carbons (Fsp3) is 0.250. The molecule has 0 saturated carbocycles. The maximum Gasteiger partial charge on any atom is 0.306 e. The van der Waals surface area contributed by atoms with E-state index in [0.29, 0.717) is 11.3 Å². The van der Waals surface area contributed by atoms with Gasteiger partial charge in [0.2, 0.25) is 0 Å². The van der Waals surface area contributed by atoms with Crippen LogP contribution in [0.15, 0.2) is 46.9 Å². The number of ether oxygens (including phenoxy) is 1. The first kappa shape index (κ1) is 19.8. The Morgan fingerprint density at radius 3 is 2.35 bits per heavy atom. The van der Waals surface area contributed by atoms with Crippen LogP contribution in [-0.2, 0) is 14.3 Å². The number of hydrogen-bond acceptors (Lipinski definition) is 4. The number of carbonyl (C=O) groups is 3. The Hall–Kier alpha value is -2.47. The lowest BCUT2D eigenvalue weighted by molar-refractivity contribution is -0.147. The first-order chi connectivity index (χ1) is 12.4. The third kappa shape index (κ3) is 5.52. The molecule has 2 aromatic rings. The summed E-state index contributed by atoms with van der Waals surface area (Å²) < 4.78 is 5.90. The first-order valence-corrected chi connectivity index (χ1v) is 8.97. The number of halogens is 1. The Kier molecular flexibility index (Phi) is 7.09. The Morgan fingerprint density at radius 1 is 0.962 bits per heavy atom. The van der Waals surface area contributed by atoms with Crippen molar-refractivity contribution in [3.05, 3.63) is 63.6 Å². The normalized spacial score (nSPS) is 10.3. The van der Waals surface area contributed by atoms with Gasteiger partial charge in [-0.15, -0.1) is 0 Å². The lowest BCUT2D eigenvalue weighted by Crippen LogP contribution is -2.21. The monoisotopic (exact) mass is 417 g/mol. The molecule has 0 heterocycles. The topological polar surface area (TPSA) is 72.5 Å². The highest BCUT2D eigenvalue weighted by molar-refractivity contribution is 9.10. The van der Waals surface area contributed by atoms with E-state index in [1.165, 1.54) is 0 Å². The standard InChI is InChI=1S/C20H20BrNO4/c1-13-14(2)17(9-8-16(13)21)22-19(24)12-26-20(25)11-10-18(23)15-6-4-3-5-7-15/h3-9H,10-12H2,1-2H3,(H,22,24). The van der Waals surface area contributed by atoms with E-state index in [9.17, 15) is 14.4 Å². The van der Waals surface area contributed by atoms with Crippen molar-refractivity contribution < 1.29 is 19.1 Å². The van der Waals surface area contributed by atoms with Gasteiger partial charge in [0.05, 0.1) is 6.42 Å². The molecule has 0 bridgehead atoms. The predicted molar refractivity (Wildman–Crippen MR) is 103 cm³/mol. The van der Waals surface area contributed by atoms with Crippen molar-refractivity contribution in [3.63, 3.8) is 0 Å². The molecule has 0 spiro atoms. The van der Waals surface area contributed by atoms with E-state index < -0.39 is 11.9 Å². The highest BCUT2D eigenvalue weighted by atomic mass is 79.9. The van der Waals surface area contributed by atoms with Gasteiger partial charge in [-0.25, -0.2) is 0 Å². The highest BCUT2D eigenvalue weighted by Crippen LogP contribution is 2.25. The van der Waals surface area contributed by atoms with Crippen molar-refractivity contribution in [2.75, 3.05) is 11.9 Å². The SMILES string of the molecule is Cc1c(Br)ccc(NC(=O)COC(=O)CCC(=O)c2ccccc2)c1C. The van der Waals surface area contributed by atoms with E-state index in [4.69, 9.17) is 4.74 Å². The number of nitrogens with one attached hydrogen (secondary N) is 1. The third-order valence-corrected chi connectivity index (χ3v) is 4.87. The van der Waals surface area contributed by atoms with E-state index in [1.807, 2.05) is 26.0 Å². The van der Waals surface area contributed by atoms with Crippen LogP contribution >= 0.6 is 15.9 Å². The third-order valence-electron chi connectivity index (χ3n) is 4.01. The second-order valence-corrected chi connectivity index (χ2v) is 6.70. The molecule has 0 radical (unpaired) electrons. The molecule has 0 saturated heterocycles. The summed E-state index contributed by atoms with van der Waals surface area (Å²) in [5, 5.41) is 2.72. The van der Waals surface area contributed by atoms with Gasteiger partial charge in [-0.05, 0) is 37.1 Å². The molecule has 0 aromatic heterocycles. The molecular formula is C20H20BrNO4. The summed E-state index contributed by atoms with van der Waals surface area (Å²) in [5.74, 6) is -1.13. The number of Topliss-reactive ketones (excluding diaryl/α,β-unsaturated/α-hetero) is 1. The number of carbonyl (C=O) groups excluding carboxylic acids is 3. The Balaban J connectivity index is 1.78. The van der Waals surface area contributed by atoms with Gasteiger partial charge >= 0.3 is 5.97 Å². The van der Waals surface area contributed by atoms with Crippen LogP contribution in [0.25, 0.3) is 0 Å². The van der Waals surface area contributed by atoms with E-state index in [1.54, 1.807) is 30.3 Å². The largest absolute Gasteiger partial charge is 0.456 e. The molecule has 6 heteroatoms. The minimum Gasteiger partial charge on any atom is -0.456 e. The van der Waals surface area contributed by atoms with E-state index in [-0.39, 0.29) is 25.2 Å². The Bertz CT molecular complexity index is 818. The molecule has 1 N–H and O–H groups in total. The van der Waals surface area contributed by atoms with Crippen LogP contribution in [0.1, 0.15) is 34.3 Å². The molecule has 2 rings (SSSR count). The maximum atomic E-state index is 12.0. The zero-order valence-corrected chi connectivity index (χ0v) is 16.3. The smallest absolute Gasteiger partial charge is 0.306 e. The molecule has 2 aromatic carbocycles. The Labute approximate surface area is 160 Å². The summed E-state index contributed by atoms with van der Waals surface area (Å²) in [4.78, 5) is 35.6. The minimum absolute atomic E-state index is 0.0511. The van der Waals surface area contributed by atoms with Gasteiger partial charge in [0.15, 0.2) is 12.4 Å². The van der Waals surface area contributed by atoms with Crippen molar-refractivity contribution in [3.8, 4) is 0 Å². The molecule has 26 heavy (non-hydrogen) atoms. The zero-order chi connectivity index (χ0) is 19.1. The summed E-state index contributed by atoms with van der Waals surface area (Å²) in [6.45, 7) is 3.46. The van der Waals surface area contributed by atoms with Crippen LogP contribution in [-0.4, -0.2) is 24.3 Å². The number of amides is 1. The number of rotatable bonds is 7. The summed E-state index contributed by atoms with van der Waals surface area (Å²) in [7, 11) is 0. The molecule has 0 aliphatic rings. The van der Waals surface area contributed by atoms with Crippen molar-refractivity contribution in [1.82, 2.24) is 0 Å². The van der Waals surface area contributed by atoms with Crippen LogP contribution in [0.5, 0.6) is 0 Å². The van der Waals surface area contributed by atoms with Crippen molar-refractivity contribution >= 4 is 39.3 Å². The summed E-state index contributed by atoms with van der Waals surface area (Å²) in [5.41, 5.74) is 3.19. The fourth-order valence-corrected chi connectivity index (χ4v) is 2.74. The second-order valence-electron chi connectivity index (χ2n) is 5.84. The van der Waals surface area contributed by atoms with Gasteiger partial charge in [-0.2, -0.15) is 0 Å². The van der Waals surface area contributed by atoms with Gasteiger partial charge < -0.3 is 10.1 Å². The Morgan fingerprint density at radius 2 is 1.65 bits per heavy atom. The van der Waals surface area contributed by atoms with Crippen LogP contribution in [0.2, 0.25) is 0 Å². The molecule has 0 atom stereocenters. The molecule has 0 aliphatic carbocycles. The fourth-order valence-electron chi connectivity index (χ4n) is 2.31. The molecular weight excluding hydrogens is 398 g/mol. The van der Waals surface area contributed by atoms with E-state index in [2.05, 4.69) is 21.2 Å². The lowest BCUT2D eigenvalue weighted by atomic mass is 10.1. The first-order valence-electron chi connectivity index (χ1n) is 8.18. The molecule has 0 fully saturated rings. The van der Waals surface area contributed by atoms with Gasteiger partial charge in [0.1, 0.15) is 0 Å². The molecule has 0 aliphatic heterocycles. The highest BCUT2D eigenvalue weighted by Gasteiger charge is 2.13. The van der Waals surface area contributed by atoms with Gasteiger partial charge in [-0.3, -0.25) is 14.4 Å². The molecule has 1 amide bonds. The molecule has 136 valence electrons. The minimum atomic E-state index is -0.576. The number of anilines is 1. The quantitative estimate of drug-likeness (QED) is 0.540. The van der Waals surface area contributed by atoms with E-state index in [0.717, 1.165) is 15.6 Å². The van der Waals surface area contributed by atoms with Gasteiger partial charge in [0.25, 0.3) is 5.91 Å². The number of benzene rings is 2. The van der Waals surface area contributed by atoms with Crippen molar-refractivity contribution in [2.45, 2.75) is 26.7 Å². The predicted octanol–water partition coefficient (Wildman–Crippen LogP) is 4.21. The number of esters is 1.